The van der Waals surface area contributed by atoms with Gasteiger partial charge in [0.25, 0.3) is 0 Å². The Morgan fingerprint density at radius 3 is 3.07 bits per heavy atom. The van der Waals surface area contributed by atoms with Gasteiger partial charge in [-0.1, -0.05) is 17.7 Å². The summed E-state index contributed by atoms with van der Waals surface area (Å²) in [4.78, 5) is 17.8. The van der Waals surface area contributed by atoms with Crippen molar-refractivity contribution in [1.82, 2.24) is 24.5 Å². The van der Waals surface area contributed by atoms with Crippen molar-refractivity contribution < 1.29 is 4.74 Å². The lowest BCUT2D eigenvalue weighted by molar-refractivity contribution is 0.0958. The Morgan fingerprint density at radius 2 is 2.26 bits per heavy atom. The third-order valence-corrected chi connectivity index (χ3v) is 7.05. The second-order valence-corrected chi connectivity index (χ2v) is 8.86. The zero-order chi connectivity index (χ0) is 18.4. The quantitative estimate of drug-likeness (QED) is 0.535. The number of halogens is 1. The first kappa shape index (κ1) is 17.2. The zero-order valence-electron chi connectivity index (χ0n) is 14.1. The number of imidazole rings is 1. The number of thiazole rings is 1. The minimum atomic E-state index is 0.155. The maximum atomic E-state index is 6.29. The SMILES string of the molecule is Nc1ncnc2c1nc(Sc1nc3cccc(Cl)c3s1)n2CC1CCCO1. The molecule has 5 rings (SSSR count). The Kier molecular flexibility index (Phi) is 4.39. The molecule has 1 unspecified atom stereocenters. The smallest absolute Gasteiger partial charge is 0.177 e. The van der Waals surface area contributed by atoms with Gasteiger partial charge in [0, 0.05) is 6.61 Å². The van der Waals surface area contributed by atoms with Crippen molar-refractivity contribution in [1.29, 1.82) is 0 Å². The summed E-state index contributed by atoms with van der Waals surface area (Å²) < 4.78 is 9.71. The average Bonchev–Trinajstić information content (AvgIpc) is 3.37. The summed E-state index contributed by atoms with van der Waals surface area (Å²) in [6, 6.07) is 5.74. The largest absolute Gasteiger partial charge is 0.382 e. The third kappa shape index (κ3) is 3.14. The monoisotopic (exact) mass is 418 g/mol. The number of nitrogen functional groups attached to an aromatic ring is 1. The number of hydrogen-bond acceptors (Lipinski definition) is 8. The number of ether oxygens (including phenoxy) is 1. The van der Waals surface area contributed by atoms with Crippen molar-refractivity contribution in [2.24, 2.45) is 0 Å². The van der Waals surface area contributed by atoms with E-state index in [1.807, 2.05) is 18.2 Å². The predicted molar refractivity (Wildman–Crippen MR) is 107 cm³/mol. The Bertz CT molecular complexity index is 1140. The molecule has 0 amide bonds. The lowest BCUT2D eigenvalue weighted by Crippen LogP contribution is -2.16. The van der Waals surface area contributed by atoms with Crippen molar-refractivity contribution in [3.05, 3.63) is 29.5 Å². The van der Waals surface area contributed by atoms with E-state index in [-0.39, 0.29) is 6.10 Å². The second kappa shape index (κ2) is 6.90. The van der Waals surface area contributed by atoms with Crippen molar-refractivity contribution in [3.8, 4) is 0 Å². The highest BCUT2D eigenvalue weighted by Gasteiger charge is 2.23. The number of nitrogens with zero attached hydrogens (tertiary/aromatic N) is 5. The number of nitrogens with two attached hydrogens (primary N) is 1. The van der Waals surface area contributed by atoms with Crippen LogP contribution in [0, 0.1) is 0 Å². The van der Waals surface area contributed by atoms with Crippen LogP contribution in [0.3, 0.4) is 0 Å². The second-order valence-electron chi connectivity index (χ2n) is 6.24. The average molecular weight is 419 g/mol. The molecule has 1 aromatic carbocycles. The van der Waals surface area contributed by atoms with Crippen LogP contribution >= 0.6 is 34.7 Å². The molecule has 1 atom stereocenters. The van der Waals surface area contributed by atoms with E-state index in [9.17, 15) is 0 Å². The molecule has 0 aliphatic carbocycles. The summed E-state index contributed by atoms with van der Waals surface area (Å²) in [7, 11) is 0. The predicted octanol–water partition coefficient (Wildman–Crippen LogP) is 4.00. The first-order chi connectivity index (χ1) is 13.2. The van der Waals surface area contributed by atoms with Gasteiger partial charge in [0.05, 0.1) is 27.9 Å². The molecule has 10 heteroatoms. The molecule has 138 valence electrons. The molecule has 0 saturated carbocycles. The van der Waals surface area contributed by atoms with E-state index in [1.54, 1.807) is 11.3 Å². The van der Waals surface area contributed by atoms with Crippen molar-refractivity contribution in [3.63, 3.8) is 0 Å². The van der Waals surface area contributed by atoms with E-state index in [2.05, 4.69) is 19.5 Å². The normalized spacial score (nSPS) is 17.3. The van der Waals surface area contributed by atoms with Gasteiger partial charge < -0.3 is 15.0 Å². The summed E-state index contributed by atoms with van der Waals surface area (Å²) in [5, 5.41) is 1.49. The van der Waals surface area contributed by atoms with Crippen LogP contribution in [0.2, 0.25) is 5.02 Å². The first-order valence-corrected chi connectivity index (χ1v) is 10.5. The molecule has 27 heavy (non-hydrogen) atoms. The van der Waals surface area contributed by atoms with Crippen LogP contribution in [0.25, 0.3) is 21.4 Å². The minimum absolute atomic E-state index is 0.155. The van der Waals surface area contributed by atoms with Crippen LogP contribution in [-0.2, 0) is 11.3 Å². The topological polar surface area (TPSA) is 91.7 Å². The lowest BCUT2D eigenvalue weighted by Gasteiger charge is -2.12. The van der Waals surface area contributed by atoms with E-state index < -0.39 is 0 Å². The van der Waals surface area contributed by atoms with Gasteiger partial charge in [-0.25, -0.2) is 19.9 Å². The zero-order valence-corrected chi connectivity index (χ0v) is 16.5. The van der Waals surface area contributed by atoms with E-state index in [0.29, 0.717) is 22.9 Å². The summed E-state index contributed by atoms with van der Waals surface area (Å²) in [5.41, 5.74) is 8.24. The van der Waals surface area contributed by atoms with Gasteiger partial charge in [-0.2, -0.15) is 0 Å². The van der Waals surface area contributed by atoms with Crippen molar-refractivity contribution >= 4 is 61.9 Å². The van der Waals surface area contributed by atoms with Gasteiger partial charge >= 0.3 is 0 Å². The van der Waals surface area contributed by atoms with Crippen LogP contribution in [0.1, 0.15) is 12.8 Å². The van der Waals surface area contributed by atoms with Gasteiger partial charge in [-0.3, -0.25) is 0 Å². The number of fused-ring (bicyclic) bond motifs is 2. The molecule has 7 nitrogen and oxygen atoms in total. The van der Waals surface area contributed by atoms with Gasteiger partial charge in [0.2, 0.25) is 0 Å². The molecule has 2 N–H and O–H groups in total. The Balaban J connectivity index is 1.58. The molecule has 0 radical (unpaired) electrons. The minimum Gasteiger partial charge on any atom is -0.382 e. The number of rotatable bonds is 4. The molecule has 0 bridgehead atoms. The van der Waals surface area contributed by atoms with Crippen LogP contribution < -0.4 is 5.73 Å². The molecular formula is C17H15ClN6OS2. The summed E-state index contributed by atoms with van der Waals surface area (Å²) >= 11 is 9.33. The highest BCUT2D eigenvalue weighted by Crippen LogP contribution is 2.38. The van der Waals surface area contributed by atoms with Crippen LogP contribution in [0.4, 0.5) is 5.82 Å². The fourth-order valence-corrected chi connectivity index (χ4v) is 5.52. The van der Waals surface area contributed by atoms with Gasteiger partial charge in [-0.15, -0.1) is 11.3 Å². The molecule has 1 fully saturated rings. The Morgan fingerprint density at radius 1 is 1.33 bits per heavy atom. The van der Waals surface area contributed by atoms with Gasteiger partial charge in [0.1, 0.15) is 6.33 Å². The van der Waals surface area contributed by atoms with Crippen LogP contribution in [0.15, 0.2) is 34.0 Å². The standard InChI is InChI=1S/C17H15ClN6OS2/c18-10-4-1-5-11-13(10)26-17(22-11)27-16-23-12-14(19)20-8-21-15(12)24(16)7-9-3-2-6-25-9/h1,4-5,8-9H,2-3,6-7H2,(H2,19,20,21). The van der Waals surface area contributed by atoms with Gasteiger partial charge in [-0.05, 0) is 36.7 Å². The number of benzene rings is 1. The summed E-state index contributed by atoms with van der Waals surface area (Å²) in [6.07, 6.45) is 3.73. The fraction of sp³-hybridized carbons (Fsp3) is 0.294. The fourth-order valence-electron chi connectivity index (χ4n) is 3.19. The molecule has 1 saturated heterocycles. The van der Waals surface area contributed by atoms with E-state index in [0.717, 1.165) is 44.8 Å². The molecule has 4 aromatic rings. The van der Waals surface area contributed by atoms with Gasteiger partial charge in [0.15, 0.2) is 26.5 Å². The van der Waals surface area contributed by atoms with E-state index in [1.165, 1.54) is 18.1 Å². The molecule has 4 heterocycles. The van der Waals surface area contributed by atoms with Crippen molar-refractivity contribution in [2.75, 3.05) is 12.3 Å². The number of anilines is 1. The van der Waals surface area contributed by atoms with E-state index in [4.69, 9.17) is 27.1 Å². The van der Waals surface area contributed by atoms with Crippen LogP contribution in [0.5, 0.6) is 0 Å². The Hall–Kier alpha value is -1.94. The number of aromatic nitrogens is 5. The molecule has 0 spiro atoms. The lowest BCUT2D eigenvalue weighted by atomic mass is 10.2. The summed E-state index contributed by atoms with van der Waals surface area (Å²) in [5.74, 6) is 0.375. The van der Waals surface area contributed by atoms with E-state index >= 15 is 0 Å². The number of hydrogen-bond donors (Lipinski definition) is 1. The van der Waals surface area contributed by atoms with Crippen LogP contribution in [-0.4, -0.2) is 37.2 Å². The Labute approximate surface area is 167 Å². The highest BCUT2D eigenvalue weighted by molar-refractivity contribution is 8.01. The highest BCUT2D eigenvalue weighted by atomic mass is 35.5. The third-order valence-electron chi connectivity index (χ3n) is 4.46. The molecule has 3 aromatic heterocycles. The maximum absolute atomic E-state index is 6.29. The summed E-state index contributed by atoms with van der Waals surface area (Å²) in [6.45, 7) is 1.48. The van der Waals surface area contributed by atoms with Crippen molar-refractivity contribution in [2.45, 2.75) is 35.0 Å². The maximum Gasteiger partial charge on any atom is 0.177 e. The molecular weight excluding hydrogens is 404 g/mol. The molecule has 1 aliphatic heterocycles. The first-order valence-electron chi connectivity index (χ1n) is 8.50. The molecule has 1 aliphatic rings.